The van der Waals surface area contributed by atoms with Crippen LogP contribution in [0.2, 0.25) is 0 Å². The maximum atomic E-state index is 12.6. The summed E-state index contributed by atoms with van der Waals surface area (Å²) in [5.74, 6) is -3.04. The van der Waals surface area contributed by atoms with E-state index in [1.807, 2.05) is 0 Å². The first-order valence-corrected chi connectivity index (χ1v) is 6.62. The maximum Gasteiger partial charge on any atom is 0.471 e. The van der Waals surface area contributed by atoms with Crippen LogP contribution in [0, 0.1) is 0 Å². The van der Waals surface area contributed by atoms with Gasteiger partial charge in [0.05, 0.1) is 12.3 Å². The number of thiophene rings is 1. The summed E-state index contributed by atoms with van der Waals surface area (Å²) in [4.78, 5) is 30.5. The monoisotopic (exact) mass is 335 g/mol. The highest BCUT2D eigenvalue weighted by Crippen LogP contribution is 2.48. The Balaban J connectivity index is 3.51. The molecule has 1 heterocycles. The minimum atomic E-state index is -5.11. The average Bonchev–Trinajstić information content (AvgIpc) is 2.83. The first-order chi connectivity index (χ1) is 10.2. The van der Waals surface area contributed by atoms with E-state index in [4.69, 9.17) is 4.74 Å². The van der Waals surface area contributed by atoms with Gasteiger partial charge >= 0.3 is 18.1 Å². The molecule has 0 bridgehead atoms. The lowest BCUT2D eigenvalue weighted by Crippen LogP contribution is -2.39. The number of esters is 1. The van der Waals surface area contributed by atoms with E-state index < -0.39 is 18.1 Å². The zero-order valence-electron chi connectivity index (χ0n) is 11.7. The summed E-state index contributed by atoms with van der Waals surface area (Å²) in [7, 11) is 0.877. The normalized spacial score (nSPS) is 11.0. The van der Waals surface area contributed by atoms with Gasteiger partial charge in [0.25, 0.3) is 0 Å². The Kier molecular flexibility index (Phi) is 5.42. The predicted octanol–water partition coefficient (Wildman–Crippen LogP) is 3.11. The Bertz CT molecular complexity index is 625. The fraction of sp³-hybridized carbons (Fsp3) is 0.333. The molecule has 0 atom stereocenters. The summed E-state index contributed by atoms with van der Waals surface area (Å²) < 4.78 is 42.6. The van der Waals surface area contributed by atoms with Crippen LogP contribution in [0.25, 0.3) is 0 Å². The van der Waals surface area contributed by atoms with Gasteiger partial charge in [0, 0.05) is 7.05 Å². The number of aliphatic imine (C=N–C) groups is 2. The van der Waals surface area contributed by atoms with Gasteiger partial charge in [-0.05, 0) is 20.4 Å². The van der Waals surface area contributed by atoms with E-state index >= 15 is 0 Å². The first-order valence-electron chi connectivity index (χ1n) is 5.81. The number of carbonyl (C=O) groups is 2. The molecule has 0 unspecified atom stereocenters. The molecule has 0 aliphatic carbocycles. The number of anilines is 1. The molecule has 1 rings (SSSR count). The molecule has 1 amide bonds. The number of hydrogen-bond acceptors (Lipinski definition) is 6. The Hall–Kier alpha value is -2.23. The van der Waals surface area contributed by atoms with Crippen molar-refractivity contribution in [3.63, 3.8) is 0 Å². The van der Waals surface area contributed by atoms with Gasteiger partial charge in [0.15, 0.2) is 0 Å². The molecule has 1 aromatic heterocycles. The van der Waals surface area contributed by atoms with Crippen molar-refractivity contribution in [1.82, 2.24) is 0 Å². The van der Waals surface area contributed by atoms with E-state index in [0.717, 1.165) is 7.05 Å². The highest BCUT2D eigenvalue weighted by Gasteiger charge is 2.44. The fourth-order valence-corrected chi connectivity index (χ4v) is 2.58. The third-order valence-electron chi connectivity index (χ3n) is 2.49. The van der Waals surface area contributed by atoms with Crippen molar-refractivity contribution in [3.05, 3.63) is 4.88 Å². The summed E-state index contributed by atoms with van der Waals surface area (Å²) in [5, 5.41) is 0.0647. The molecule has 0 aliphatic rings. The molecule has 0 aliphatic heterocycles. The van der Waals surface area contributed by atoms with E-state index in [2.05, 4.69) is 23.4 Å². The molecule has 0 radical (unpaired) electrons. The van der Waals surface area contributed by atoms with E-state index in [0.29, 0.717) is 11.3 Å². The van der Waals surface area contributed by atoms with E-state index in [1.165, 1.54) is 6.92 Å². The second kappa shape index (κ2) is 6.69. The third-order valence-corrected chi connectivity index (χ3v) is 3.57. The van der Waals surface area contributed by atoms with Gasteiger partial charge < -0.3 is 9.64 Å². The number of alkyl halides is 3. The van der Waals surface area contributed by atoms with Crippen LogP contribution in [0.4, 0.5) is 29.5 Å². The van der Waals surface area contributed by atoms with Crippen molar-refractivity contribution in [1.29, 1.82) is 0 Å². The molecule has 0 fully saturated rings. The van der Waals surface area contributed by atoms with Gasteiger partial charge in [0.1, 0.15) is 15.6 Å². The summed E-state index contributed by atoms with van der Waals surface area (Å²) in [6.45, 7) is 8.02. The number of hydrogen-bond donors (Lipinski definition) is 0. The average molecular weight is 335 g/mol. The maximum absolute atomic E-state index is 12.6. The van der Waals surface area contributed by atoms with Crippen molar-refractivity contribution < 1.29 is 27.5 Å². The van der Waals surface area contributed by atoms with Crippen LogP contribution in [0.1, 0.15) is 16.6 Å². The first kappa shape index (κ1) is 17.8. The highest BCUT2D eigenvalue weighted by atomic mass is 32.1. The molecule has 6 nitrogen and oxygen atoms in total. The Morgan fingerprint density at radius 2 is 1.91 bits per heavy atom. The molecule has 0 saturated heterocycles. The number of amides is 1. The smallest absolute Gasteiger partial charge is 0.462 e. The lowest BCUT2D eigenvalue weighted by molar-refractivity contribution is -0.170. The number of halogens is 3. The molecule has 0 N–H and O–H groups in total. The van der Waals surface area contributed by atoms with Gasteiger partial charge in [0.2, 0.25) is 0 Å². The Morgan fingerprint density at radius 1 is 1.32 bits per heavy atom. The zero-order chi connectivity index (χ0) is 17.1. The standard InChI is InChI=1S/C12H12F3N3O3S/c1-5-21-10(19)8-7(6(16-2)9(17-3)22-8)18(4)11(20)12(13,14)15/h2-3,5H2,1,4H3. The minimum absolute atomic E-state index is 0.0147. The van der Waals surface area contributed by atoms with Crippen LogP contribution < -0.4 is 4.90 Å². The number of ether oxygens (including phenoxy) is 1. The van der Waals surface area contributed by atoms with Crippen LogP contribution in [-0.4, -0.2) is 45.1 Å². The van der Waals surface area contributed by atoms with Crippen LogP contribution in [0.3, 0.4) is 0 Å². The lowest BCUT2D eigenvalue weighted by atomic mass is 10.3. The van der Waals surface area contributed by atoms with E-state index in [-0.39, 0.29) is 32.8 Å². The molecule has 120 valence electrons. The molecule has 0 aromatic carbocycles. The van der Waals surface area contributed by atoms with Crippen LogP contribution in [0.5, 0.6) is 0 Å². The van der Waals surface area contributed by atoms with Crippen LogP contribution in [0.15, 0.2) is 9.98 Å². The Morgan fingerprint density at radius 3 is 2.32 bits per heavy atom. The van der Waals surface area contributed by atoms with Crippen LogP contribution in [-0.2, 0) is 9.53 Å². The van der Waals surface area contributed by atoms with Crippen molar-refractivity contribution in [3.8, 4) is 0 Å². The molecule has 22 heavy (non-hydrogen) atoms. The molecule has 0 spiro atoms. The lowest BCUT2D eigenvalue weighted by Gasteiger charge is -2.19. The van der Waals surface area contributed by atoms with Gasteiger partial charge in [-0.25, -0.2) is 4.79 Å². The second-order valence-electron chi connectivity index (χ2n) is 3.83. The van der Waals surface area contributed by atoms with E-state index in [9.17, 15) is 22.8 Å². The minimum Gasteiger partial charge on any atom is -0.462 e. The second-order valence-corrected chi connectivity index (χ2v) is 4.83. The van der Waals surface area contributed by atoms with Crippen molar-refractivity contribution >= 4 is 53.0 Å². The van der Waals surface area contributed by atoms with Crippen molar-refractivity contribution in [2.24, 2.45) is 9.98 Å². The summed E-state index contributed by atoms with van der Waals surface area (Å²) >= 11 is 0.716. The topological polar surface area (TPSA) is 71.3 Å². The summed E-state index contributed by atoms with van der Waals surface area (Å²) in [6, 6.07) is 0. The number of carbonyl (C=O) groups excluding carboxylic acids is 2. The molecule has 0 saturated carbocycles. The zero-order valence-corrected chi connectivity index (χ0v) is 12.5. The molecular formula is C12H12F3N3O3S. The molecular weight excluding hydrogens is 323 g/mol. The fourth-order valence-electron chi connectivity index (χ4n) is 1.59. The number of rotatable bonds is 5. The van der Waals surface area contributed by atoms with Crippen molar-refractivity contribution in [2.75, 3.05) is 18.6 Å². The van der Waals surface area contributed by atoms with Gasteiger partial charge in [-0.2, -0.15) is 13.2 Å². The van der Waals surface area contributed by atoms with E-state index in [1.54, 1.807) is 0 Å². The van der Waals surface area contributed by atoms with Gasteiger partial charge in [-0.1, -0.05) is 0 Å². The quantitative estimate of drug-likeness (QED) is 0.613. The number of nitrogens with zero attached hydrogens (tertiary/aromatic N) is 3. The van der Waals surface area contributed by atoms with Gasteiger partial charge in [-0.3, -0.25) is 14.8 Å². The van der Waals surface area contributed by atoms with Crippen LogP contribution >= 0.6 is 11.3 Å². The van der Waals surface area contributed by atoms with Gasteiger partial charge in [-0.15, -0.1) is 11.3 Å². The molecule has 1 aromatic rings. The summed E-state index contributed by atoms with van der Waals surface area (Å²) in [5.41, 5.74) is -0.494. The predicted molar refractivity (Wildman–Crippen MR) is 78.2 cm³/mol. The summed E-state index contributed by atoms with van der Waals surface area (Å²) in [6.07, 6.45) is -5.11. The Labute approximate surface area is 127 Å². The third kappa shape index (κ3) is 3.32. The molecule has 10 heteroatoms. The SMILES string of the molecule is C=Nc1sc(C(=O)OCC)c(N(C)C(=O)C(F)(F)F)c1N=C. The largest absolute Gasteiger partial charge is 0.471 e. The highest BCUT2D eigenvalue weighted by molar-refractivity contribution is 7.19. The van der Waals surface area contributed by atoms with Crippen molar-refractivity contribution in [2.45, 2.75) is 13.1 Å².